The molecule has 0 bridgehead atoms. The van der Waals surface area contributed by atoms with Gasteiger partial charge in [0, 0.05) is 12.2 Å². The van der Waals surface area contributed by atoms with Crippen LogP contribution >= 0.6 is 12.2 Å². The van der Waals surface area contributed by atoms with Crippen LogP contribution in [0, 0.1) is 13.8 Å². The molecule has 0 aromatic heterocycles. The number of nitrogens with zero attached hydrogens (tertiary/aromatic N) is 1. The van der Waals surface area contributed by atoms with E-state index in [0.29, 0.717) is 5.11 Å². The summed E-state index contributed by atoms with van der Waals surface area (Å²) in [5.74, 6) is 0. The molecule has 23 heavy (non-hydrogen) atoms. The third-order valence-electron chi connectivity index (χ3n) is 4.03. The number of benzene rings is 2. The predicted octanol–water partition coefficient (Wildman–Crippen LogP) is 3.89. The minimum Gasteiger partial charge on any atom is -0.361 e. The van der Waals surface area contributed by atoms with Crippen molar-refractivity contribution in [1.29, 1.82) is 0 Å². The van der Waals surface area contributed by atoms with E-state index in [1.165, 1.54) is 16.7 Å². The van der Waals surface area contributed by atoms with Gasteiger partial charge in [0.2, 0.25) is 0 Å². The maximum Gasteiger partial charge on any atom is 0.170 e. The zero-order chi connectivity index (χ0) is 16.8. The van der Waals surface area contributed by atoms with E-state index in [-0.39, 0.29) is 6.04 Å². The highest BCUT2D eigenvalue weighted by molar-refractivity contribution is 7.80. The zero-order valence-electron chi connectivity index (χ0n) is 14.3. The Morgan fingerprint density at radius 3 is 2.35 bits per heavy atom. The lowest BCUT2D eigenvalue weighted by Crippen LogP contribution is -2.36. The molecule has 0 saturated carbocycles. The number of rotatable bonds is 5. The summed E-state index contributed by atoms with van der Waals surface area (Å²) in [6.07, 6.45) is 0. The number of hydrogen-bond acceptors (Lipinski definition) is 2. The quantitative estimate of drug-likeness (QED) is 0.815. The average Bonchev–Trinajstić information content (AvgIpc) is 2.52. The van der Waals surface area contributed by atoms with Crippen LogP contribution in [0.2, 0.25) is 0 Å². The van der Waals surface area contributed by atoms with Crippen molar-refractivity contribution >= 4 is 23.0 Å². The number of hydrogen-bond donors (Lipinski definition) is 2. The van der Waals surface area contributed by atoms with E-state index in [1.54, 1.807) is 0 Å². The third kappa shape index (κ3) is 5.05. The third-order valence-corrected chi connectivity index (χ3v) is 4.27. The molecule has 1 atom stereocenters. The highest BCUT2D eigenvalue weighted by atomic mass is 32.1. The molecule has 0 amide bonds. The molecule has 0 aliphatic rings. The normalized spacial score (nSPS) is 12.0. The van der Waals surface area contributed by atoms with Gasteiger partial charge >= 0.3 is 0 Å². The van der Waals surface area contributed by atoms with Crippen molar-refractivity contribution in [3.05, 3.63) is 65.2 Å². The molecule has 4 heteroatoms. The highest BCUT2D eigenvalue weighted by Gasteiger charge is 2.13. The van der Waals surface area contributed by atoms with Crippen LogP contribution in [0.1, 0.15) is 22.7 Å². The Labute approximate surface area is 144 Å². The molecular formula is C19H25N3S. The van der Waals surface area contributed by atoms with Gasteiger partial charge in [0.1, 0.15) is 0 Å². The van der Waals surface area contributed by atoms with Crippen molar-refractivity contribution in [3.8, 4) is 0 Å². The van der Waals surface area contributed by atoms with Crippen molar-refractivity contribution in [3.63, 3.8) is 0 Å². The summed E-state index contributed by atoms with van der Waals surface area (Å²) in [5.41, 5.74) is 4.84. The van der Waals surface area contributed by atoms with Gasteiger partial charge in [0.15, 0.2) is 5.11 Å². The van der Waals surface area contributed by atoms with Crippen LogP contribution in [0.4, 0.5) is 5.69 Å². The minimum atomic E-state index is 0.274. The van der Waals surface area contributed by atoms with E-state index in [1.807, 2.05) is 6.07 Å². The van der Waals surface area contributed by atoms with Gasteiger partial charge in [0.25, 0.3) is 0 Å². The molecule has 0 saturated heterocycles. The topological polar surface area (TPSA) is 27.3 Å². The second kappa shape index (κ2) is 8.09. The molecule has 2 N–H and O–H groups in total. The molecule has 0 radical (unpaired) electrons. The first-order chi connectivity index (χ1) is 11.0. The first-order valence-corrected chi connectivity index (χ1v) is 8.21. The summed E-state index contributed by atoms with van der Waals surface area (Å²) in [6, 6.07) is 17.0. The van der Waals surface area contributed by atoms with Crippen LogP contribution in [-0.2, 0) is 0 Å². The Hall–Kier alpha value is -1.91. The fourth-order valence-electron chi connectivity index (χ4n) is 2.46. The fourth-order valence-corrected chi connectivity index (χ4v) is 2.66. The first kappa shape index (κ1) is 17.4. The van der Waals surface area contributed by atoms with Crippen LogP contribution in [-0.4, -0.2) is 30.7 Å². The van der Waals surface area contributed by atoms with Crippen LogP contribution in [0.25, 0.3) is 0 Å². The second-order valence-corrected chi connectivity index (χ2v) is 6.43. The van der Waals surface area contributed by atoms with E-state index < -0.39 is 0 Å². The second-order valence-electron chi connectivity index (χ2n) is 6.02. The number of anilines is 1. The van der Waals surface area contributed by atoms with Crippen molar-refractivity contribution in [2.45, 2.75) is 19.9 Å². The lowest BCUT2D eigenvalue weighted by atomic mass is 10.1. The van der Waals surface area contributed by atoms with Crippen LogP contribution in [0.5, 0.6) is 0 Å². The lowest BCUT2D eigenvalue weighted by molar-refractivity contribution is 0.299. The van der Waals surface area contributed by atoms with Gasteiger partial charge in [-0.15, -0.1) is 0 Å². The molecule has 0 fully saturated rings. The molecular weight excluding hydrogens is 302 g/mol. The molecule has 2 rings (SSSR count). The molecule has 2 aromatic carbocycles. The number of thiocarbonyl (C=S) groups is 1. The fraction of sp³-hybridized carbons (Fsp3) is 0.316. The Morgan fingerprint density at radius 2 is 1.74 bits per heavy atom. The van der Waals surface area contributed by atoms with Crippen LogP contribution in [0.15, 0.2) is 48.5 Å². The van der Waals surface area contributed by atoms with Gasteiger partial charge in [-0.1, -0.05) is 36.4 Å². The summed E-state index contributed by atoms with van der Waals surface area (Å²) in [6.45, 7) is 4.97. The molecule has 122 valence electrons. The summed E-state index contributed by atoms with van der Waals surface area (Å²) in [5, 5.41) is 7.23. The Morgan fingerprint density at radius 1 is 1.04 bits per heavy atom. The van der Waals surface area contributed by atoms with Crippen LogP contribution < -0.4 is 10.6 Å². The monoisotopic (exact) mass is 327 g/mol. The van der Waals surface area contributed by atoms with Gasteiger partial charge in [-0.25, -0.2) is 0 Å². The molecule has 0 heterocycles. The first-order valence-electron chi connectivity index (χ1n) is 7.81. The average molecular weight is 327 g/mol. The van der Waals surface area contributed by atoms with E-state index in [9.17, 15) is 0 Å². The standard InChI is InChI=1S/C19H25N3S/c1-14-10-11-17(12-15(14)2)21-19(23)20-13-18(22(3)4)16-8-6-5-7-9-16/h5-12,18H,13H2,1-4H3,(H2,20,21,23)/t18-/m1/s1. The van der Waals surface area contributed by atoms with Crippen molar-refractivity contribution < 1.29 is 0 Å². The maximum absolute atomic E-state index is 5.43. The van der Waals surface area contributed by atoms with Crippen LogP contribution in [0.3, 0.4) is 0 Å². The molecule has 3 nitrogen and oxygen atoms in total. The predicted molar refractivity (Wildman–Crippen MR) is 103 cm³/mol. The zero-order valence-corrected chi connectivity index (χ0v) is 15.1. The maximum atomic E-state index is 5.43. The van der Waals surface area contributed by atoms with E-state index >= 15 is 0 Å². The Balaban J connectivity index is 1.95. The molecule has 0 aliphatic heterocycles. The minimum absolute atomic E-state index is 0.274. The largest absolute Gasteiger partial charge is 0.361 e. The van der Waals surface area contributed by atoms with Gasteiger partial charge in [-0.2, -0.15) is 0 Å². The smallest absolute Gasteiger partial charge is 0.170 e. The van der Waals surface area contributed by atoms with E-state index in [4.69, 9.17) is 12.2 Å². The van der Waals surface area contributed by atoms with Crippen molar-refractivity contribution in [2.24, 2.45) is 0 Å². The van der Waals surface area contributed by atoms with Gasteiger partial charge in [0.05, 0.1) is 6.04 Å². The van der Waals surface area contributed by atoms with Gasteiger partial charge < -0.3 is 15.5 Å². The molecule has 2 aromatic rings. The highest BCUT2D eigenvalue weighted by Crippen LogP contribution is 2.17. The molecule has 0 aliphatic carbocycles. The van der Waals surface area contributed by atoms with Crippen molar-refractivity contribution in [2.75, 3.05) is 26.0 Å². The summed E-state index contributed by atoms with van der Waals surface area (Å²) in [7, 11) is 4.16. The molecule has 0 unspecified atom stereocenters. The van der Waals surface area contributed by atoms with Gasteiger partial charge in [-0.05, 0) is 69.0 Å². The Kier molecular flexibility index (Phi) is 6.13. The number of nitrogens with one attached hydrogen (secondary N) is 2. The Bertz CT molecular complexity index is 653. The number of aryl methyl sites for hydroxylation is 2. The SMILES string of the molecule is Cc1ccc(NC(=S)NC[C@H](c2ccccc2)N(C)C)cc1C. The van der Waals surface area contributed by atoms with Gasteiger partial charge in [-0.3, -0.25) is 0 Å². The lowest BCUT2D eigenvalue weighted by Gasteiger charge is -2.25. The van der Waals surface area contributed by atoms with Crippen molar-refractivity contribution in [1.82, 2.24) is 10.2 Å². The summed E-state index contributed by atoms with van der Waals surface area (Å²) in [4.78, 5) is 2.20. The number of likely N-dealkylation sites (N-methyl/N-ethyl adjacent to an activating group) is 1. The summed E-state index contributed by atoms with van der Waals surface area (Å²) < 4.78 is 0. The van der Waals surface area contributed by atoms with E-state index in [2.05, 4.69) is 85.9 Å². The summed E-state index contributed by atoms with van der Waals surface area (Å²) >= 11 is 5.43. The molecule has 0 spiro atoms. The van der Waals surface area contributed by atoms with E-state index in [0.717, 1.165) is 12.2 Å².